The summed E-state index contributed by atoms with van der Waals surface area (Å²) in [5.74, 6) is 0.425. The zero-order valence-electron chi connectivity index (χ0n) is 15.7. The van der Waals surface area contributed by atoms with Gasteiger partial charge in [-0.1, -0.05) is 18.2 Å². The molecule has 7 heteroatoms. The molecule has 2 aromatic rings. The van der Waals surface area contributed by atoms with Crippen molar-refractivity contribution in [1.82, 2.24) is 0 Å². The second kappa shape index (κ2) is 9.23. The molecular formula is C20H24N2O4S. The monoisotopic (exact) mass is 388 g/mol. The summed E-state index contributed by atoms with van der Waals surface area (Å²) >= 11 is 0. The highest BCUT2D eigenvalue weighted by molar-refractivity contribution is 7.92. The van der Waals surface area contributed by atoms with E-state index < -0.39 is 10.0 Å². The smallest absolute Gasteiger partial charge is 0.248 e. The SMILES string of the molecule is CCOc1ccccc1/C=C/C(=O)Nc1ccc(NS(=O)(=O)CC)c(C)c1. The third kappa shape index (κ3) is 6.14. The van der Waals surface area contributed by atoms with Gasteiger partial charge in [-0.2, -0.15) is 0 Å². The first-order valence-electron chi connectivity index (χ1n) is 8.66. The molecule has 0 saturated carbocycles. The fourth-order valence-electron chi connectivity index (χ4n) is 2.35. The van der Waals surface area contributed by atoms with Crippen LogP contribution in [0.1, 0.15) is 25.0 Å². The van der Waals surface area contributed by atoms with Crippen LogP contribution in [0.2, 0.25) is 0 Å². The molecule has 0 fully saturated rings. The summed E-state index contributed by atoms with van der Waals surface area (Å²) in [5.41, 5.74) is 2.61. The first kappa shape index (κ1) is 20.5. The molecule has 0 heterocycles. The Balaban J connectivity index is 2.07. The fourth-order valence-corrected chi connectivity index (χ4v) is 3.06. The highest BCUT2D eigenvalue weighted by atomic mass is 32.2. The molecule has 0 unspecified atom stereocenters. The number of para-hydroxylation sites is 1. The van der Waals surface area contributed by atoms with E-state index in [1.54, 1.807) is 38.1 Å². The van der Waals surface area contributed by atoms with Crippen molar-refractivity contribution in [3.63, 3.8) is 0 Å². The molecule has 0 saturated heterocycles. The lowest BCUT2D eigenvalue weighted by Crippen LogP contribution is -2.15. The molecule has 2 N–H and O–H groups in total. The van der Waals surface area contributed by atoms with Crippen LogP contribution in [0.4, 0.5) is 11.4 Å². The molecule has 0 atom stereocenters. The van der Waals surface area contributed by atoms with Gasteiger partial charge in [0.1, 0.15) is 5.75 Å². The number of anilines is 2. The van der Waals surface area contributed by atoms with Crippen LogP contribution in [-0.4, -0.2) is 26.7 Å². The predicted octanol–water partition coefficient (Wildman–Crippen LogP) is 3.81. The lowest BCUT2D eigenvalue weighted by Gasteiger charge is -2.11. The van der Waals surface area contributed by atoms with Gasteiger partial charge in [0, 0.05) is 17.3 Å². The summed E-state index contributed by atoms with van der Waals surface area (Å²) in [6.45, 7) is 5.80. The molecule has 0 aromatic heterocycles. The standard InChI is InChI=1S/C20H24N2O4S/c1-4-26-19-9-7-6-8-16(19)10-13-20(23)21-17-11-12-18(15(3)14-17)22-27(24,25)5-2/h6-14,22H,4-5H2,1-3H3,(H,21,23)/b13-10+. The lowest BCUT2D eigenvalue weighted by atomic mass is 10.1. The average molecular weight is 388 g/mol. The van der Waals surface area contributed by atoms with Gasteiger partial charge < -0.3 is 10.1 Å². The molecule has 144 valence electrons. The minimum absolute atomic E-state index is 0.00105. The highest BCUT2D eigenvalue weighted by Crippen LogP contribution is 2.22. The second-order valence-corrected chi connectivity index (χ2v) is 7.84. The summed E-state index contributed by atoms with van der Waals surface area (Å²) < 4.78 is 31.4. The molecule has 0 aliphatic carbocycles. The molecule has 0 radical (unpaired) electrons. The van der Waals surface area contributed by atoms with Crippen LogP contribution < -0.4 is 14.8 Å². The molecule has 0 aliphatic rings. The van der Waals surface area contributed by atoms with E-state index in [4.69, 9.17) is 4.74 Å². The van der Waals surface area contributed by atoms with E-state index in [1.165, 1.54) is 6.08 Å². The molecule has 0 spiro atoms. The van der Waals surface area contributed by atoms with Crippen LogP contribution in [0.15, 0.2) is 48.5 Å². The number of carbonyl (C=O) groups excluding carboxylic acids is 1. The van der Waals surface area contributed by atoms with E-state index in [9.17, 15) is 13.2 Å². The van der Waals surface area contributed by atoms with Crippen LogP contribution in [-0.2, 0) is 14.8 Å². The molecule has 2 rings (SSSR count). The van der Waals surface area contributed by atoms with Crippen molar-refractivity contribution in [3.05, 3.63) is 59.7 Å². The first-order chi connectivity index (χ1) is 12.8. The normalized spacial score (nSPS) is 11.4. The summed E-state index contributed by atoms with van der Waals surface area (Å²) in [6.07, 6.45) is 3.12. The number of sulfonamides is 1. The van der Waals surface area contributed by atoms with Crippen molar-refractivity contribution in [3.8, 4) is 5.75 Å². The van der Waals surface area contributed by atoms with Crippen LogP contribution >= 0.6 is 0 Å². The minimum Gasteiger partial charge on any atom is -0.493 e. The molecule has 0 aliphatic heterocycles. The van der Waals surface area contributed by atoms with Gasteiger partial charge in [0.15, 0.2) is 0 Å². The van der Waals surface area contributed by atoms with Gasteiger partial charge in [0.25, 0.3) is 0 Å². The van der Waals surface area contributed by atoms with Crippen LogP contribution in [0.3, 0.4) is 0 Å². The summed E-state index contributed by atoms with van der Waals surface area (Å²) in [7, 11) is -3.34. The highest BCUT2D eigenvalue weighted by Gasteiger charge is 2.09. The predicted molar refractivity (Wildman–Crippen MR) is 110 cm³/mol. The number of hydrogen-bond acceptors (Lipinski definition) is 4. The number of hydrogen-bond donors (Lipinski definition) is 2. The van der Waals surface area contributed by atoms with Gasteiger partial charge in [-0.05, 0) is 56.7 Å². The van der Waals surface area contributed by atoms with Gasteiger partial charge in [-0.15, -0.1) is 0 Å². The van der Waals surface area contributed by atoms with E-state index in [-0.39, 0.29) is 11.7 Å². The Hall–Kier alpha value is -2.80. The number of carbonyl (C=O) groups is 1. The average Bonchev–Trinajstić information content (AvgIpc) is 2.63. The van der Waals surface area contributed by atoms with E-state index in [1.807, 2.05) is 31.2 Å². The van der Waals surface area contributed by atoms with Crippen molar-refractivity contribution in [2.75, 3.05) is 22.4 Å². The molecule has 2 aromatic carbocycles. The number of nitrogens with one attached hydrogen (secondary N) is 2. The lowest BCUT2D eigenvalue weighted by molar-refractivity contribution is -0.111. The van der Waals surface area contributed by atoms with Crippen LogP contribution in [0.25, 0.3) is 6.08 Å². The Morgan fingerprint density at radius 1 is 1.15 bits per heavy atom. The maximum atomic E-state index is 12.2. The Morgan fingerprint density at radius 3 is 2.56 bits per heavy atom. The van der Waals surface area contributed by atoms with Crippen molar-refractivity contribution in [2.45, 2.75) is 20.8 Å². The van der Waals surface area contributed by atoms with E-state index in [0.717, 1.165) is 11.1 Å². The summed E-state index contributed by atoms with van der Waals surface area (Å²) in [6, 6.07) is 12.5. The van der Waals surface area contributed by atoms with Gasteiger partial charge >= 0.3 is 0 Å². The number of benzene rings is 2. The largest absolute Gasteiger partial charge is 0.493 e. The van der Waals surface area contributed by atoms with Gasteiger partial charge in [0.05, 0.1) is 18.0 Å². The third-order valence-electron chi connectivity index (χ3n) is 3.77. The molecule has 27 heavy (non-hydrogen) atoms. The zero-order valence-corrected chi connectivity index (χ0v) is 16.5. The van der Waals surface area contributed by atoms with Crippen molar-refractivity contribution in [1.29, 1.82) is 0 Å². The molecule has 1 amide bonds. The van der Waals surface area contributed by atoms with E-state index in [2.05, 4.69) is 10.0 Å². The molecular weight excluding hydrogens is 364 g/mol. The van der Waals surface area contributed by atoms with Crippen LogP contribution in [0, 0.1) is 6.92 Å². The van der Waals surface area contributed by atoms with E-state index in [0.29, 0.717) is 23.7 Å². The Kier molecular flexibility index (Phi) is 7.01. The van der Waals surface area contributed by atoms with Crippen LogP contribution in [0.5, 0.6) is 5.75 Å². The van der Waals surface area contributed by atoms with Crippen molar-refractivity contribution >= 4 is 33.4 Å². The quantitative estimate of drug-likeness (QED) is 0.674. The fraction of sp³-hybridized carbons (Fsp3) is 0.250. The number of ether oxygens (including phenoxy) is 1. The molecule has 0 bridgehead atoms. The molecule has 6 nitrogen and oxygen atoms in total. The summed E-state index contributed by atoms with van der Waals surface area (Å²) in [5, 5.41) is 2.76. The third-order valence-corrected chi connectivity index (χ3v) is 5.06. The Labute approximate surface area is 160 Å². The number of amides is 1. The minimum atomic E-state index is -3.34. The van der Waals surface area contributed by atoms with Gasteiger partial charge in [0.2, 0.25) is 15.9 Å². The number of aryl methyl sites for hydroxylation is 1. The zero-order chi connectivity index (χ0) is 19.9. The number of rotatable bonds is 8. The van der Waals surface area contributed by atoms with Gasteiger partial charge in [-0.3, -0.25) is 9.52 Å². The Morgan fingerprint density at radius 2 is 1.89 bits per heavy atom. The summed E-state index contributed by atoms with van der Waals surface area (Å²) in [4.78, 5) is 12.2. The van der Waals surface area contributed by atoms with Crippen molar-refractivity contribution < 1.29 is 17.9 Å². The van der Waals surface area contributed by atoms with Crippen molar-refractivity contribution in [2.24, 2.45) is 0 Å². The Bertz CT molecular complexity index is 937. The van der Waals surface area contributed by atoms with Gasteiger partial charge in [-0.25, -0.2) is 8.42 Å². The topological polar surface area (TPSA) is 84.5 Å². The maximum absolute atomic E-state index is 12.2. The second-order valence-electron chi connectivity index (χ2n) is 5.83. The van der Waals surface area contributed by atoms with E-state index >= 15 is 0 Å². The maximum Gasteiger partial charge on any atom is 0.248 e. The first-order valence-corrected chi connectivity index (χ1v) is 10.3.